The van der Waals surface area contributed by atoms with Crippen molar-refractivity contribution in [3.63, 3.8) is 0 Å². The van der Waals surface area contributed by atoms with E-state index >= 15 is 0 Å². The second-order valence-electron chi connectivity index (χ2n) is 5.79. The average Bonchev–Trinajstić information content (AvgIpc) is 3.32. The van der Waals surface area contributed by atoms with Crippen LogP contribution < -0.4 is 5.32 Å². The number of carbonyl (C=O) groups excluding carboxylic acids is 1. The van der Waals surface area contributed by atoms with Crippen molar-refractivity contribution in [3.05, 3.63) is 58.8 Å². The first-order valence-electron chi connectivity index (χ1n) is 7.97. The Hall–Kier alpha value is -2.51. The molecular formula is C18H20N4O2S. The number of aromatic nitrogens is 2. The standard InChI is InChI=1S/C18H20N4O2S/c1-12(17-20-21-18(24-17)15-5-4-10-25-15)22(3)11-13-6-8-14(9-7-13)16(23)19-2/h4-10,12H,11H2,1-3H3,(H,19,23)/t12-/m1/s1. The van der Waals surface area contributed by atoms with Crippen molar-refractivity contribution in [2.45, 2.75) is 19.5 Å². The zero-order valence-electron chi connectivity index (χ0n) is 14.4. The summed E-state index contributed by atoms with van der Waals surface area (Å²) in [5, 5.41) is 12.9. The average molecular weight is 356 g/mol. The van der Waals surface area contributed by atoms with Gasteiger partial charge in [-0.3, -0.25) is 9.69 Å². The highest BCUT2D eigenvalue weighted by atomic mass is 32.1. The molecule has 2 heterocycles. The van der Waals surface area contributed by atoms with E-state index in [1.54, 1.807) is 18.4 Å². The third-order valence-electron chi connectivity index (χ3n) is 4.07. The van der Waals surface area contributed by atoms with Crippen molar-refractivity contribution in [2.24, 2.45) is 0 Å². The molecule has 0 fully saturated rings. The van der Waals surface area contributed by atoms with Gasteiger partial charge in [0.05, 0.1) is 10.9 Å². The summed E-state index contributed by atoms with van der Waals surface area (Å²) < 4.78 is 5.81. The van der Waals surface area contributed by atoms with E-state index < -0.39 is 0 Å². The SMILES string of the molecule is CNC(=O)c1ccc(CN(C)[C@H](C)c2nnc(-c3cccs3)o2)cc1. The molecule has 0 unspecified atom stereocenters. The Morgan fingerprint density at radius 2 is 2.04 bits per heavy atom. The number of rotatable bonds is 6. The van der Waals surface area contributed by atoms with E-state index in [0.29, 0.717) is 23.9 Å². The molecule has 3 rings (SSSR count). The maximum absolute atomic E-state index is 11.6. The van der Waals surface area contributed by atoms with Gasteiger partial charge in [0.25, 0.3) is 11.8 Å². The smallest absolute Gasteiger partial charge is 0.257 e. The molecule has 0 aliphatic rings. The highest BCUT2D eigenvalue weighted by Gasteiger charge is 2.19. The summed E-state index contributed by atoms with van der Waals surface area (Å²) in [7, 11) is 3.63. The predicted molar refractivity (Wildman–Crippen MR) is 97.3 cm³/mol. The first-order chi connectivity index (χ1) is 12.1. The molecular weight excluding hydrogens is 336 g/mol. The van der Waals surface area contributed by atoms with Crippen molar-refractivity contribution >= 4 is 17.2 Å². The number of hydrogen-bond donors (Lipinski definition) is 1. The number of carbonyl (C=O) groups is 1. The zero-order valence-corrected chi connectivity index (χ0v) is 15.2. The minimum absolute atomic E-state index is 0.0140. The van der Waals surface area contributed by atoms with Gasteiger partial charge in [-0.2, -0.15) is 0 Å². The summed E-state index contributed by atoms with van der Waals surface area (Å²) in [6.45, 7) is 2.75. The number of benzene rings is 1. The number of thiophene rings is 1. The van der Waals surface area contributed by atoms with Gasteiger partial charge in [0.15, 0.2) is 0 Å². The first kappa shape index (κ1) is 17.3. The summed E-state index contributed by atoms with van der Waals surface area (Å²) in [6.07, 6.45) is 0. The number of amides is 1. The van der Waals surface area contributed by atoms with Gasteiger partial charge in [0.1, 0.15) is 0 Å². The first-order valence-corrected chi connectivity index (χ1v) is 8.85. The van der Waals surface area contributed by atoms with Gasteiger partial charge in [-0.15, -0.1) is 21.5 Å². The van der Waals surface area contributed by atoms with Crippen molar-refractivity contribution < 1.29 is 9.21 Å². The molecule has 0 aliphatic heterocycles. The van der Waals surface area contributed by atoms with Gasteiger partial charge in [-0.25, -0.2) is 0 Å². The molecule has 0 saturated heterocycles. The van der Waals surface area contributed by atoms with Gasteiger partial charge in [-0.1, -0.05) is 18.2 Å². The van der Waals surface area contributed by atoms with Crippen LogP contribution in [0.2, 0.25) is 0 Å². The second kappa shape index (κ2) is 7.58. The number of nitrogens with one attached hydrogen (secondary N) is 1. The van der Waals surface area contributed by atoms with Crippen LogP contribution in [0, 0.1) is 0 Å². The Kier molecular flexibility index (Phi) is 5.25. The number of nitrogens with zero attached hydrogens (tertiary/aromatic N) is 3. The van der Waals surface area contributed by atoms with E-state index in [0.717, 1.165) is 10.4 Å². The Labute approximate surface area is 150 Å². The summed E-state index contributed by atoms with van der Waals surface area (Å²) in [6, 6.07) is 11.5. The summed E-state index contributed by atoms with van der Waals surface area (Å²) in [4.78, 5) is 14.7. The van der Waals surface area contributed by atoms with Crippen LogP contribution in [0.5, 0.6) is 0 Å². The summed E-state index contributed by atoms with van der Waals surface area (Å²) in [5.74, 6) is 1.06. The van der Waals surface area contributed by atoms with Crippen LogP contribution in [-0.2, 0) is 6.54 Å². The molecule has 1 amide bonds. The monoisotopic (exact) mass is 356 g/mol. The third-order valence-corrected chi connectivity index (χ3v) is 4.92. The third kappa shape index (κ3) is 3.94. The molecule has 1 N–H and O–H groups in total. The Balaban J connectivity index is 1.66. The van der Waals surface area contributed by atoms with Crippen LogP contribution in [0.25, 0.3) is 10.8 Å². The lowest BCUT2D eigenvalue weighted by atomic mass is 10.1. The number of hydrogen-bond acceptors (Lipinski definition) is 6. The molecule has 0 radical (unpaired) electrons. The highest BCUT2D eigenvalue weighted by Crippen LogP contribution is 2.26. The summed E-state index contributed by atoms with van der Waals surface area (Å²) >= 11 is 1.58. The molecule has 1 aromatic carbocycles. The minimum Gasteiger partial charge on any atom is -0.418 e. The molecule has 0 bridgehead atoms. The Bertz CT molecular complexity index is 827. The molecule has 3 aromatic rings. The molecule has 6 nitrogen and oxygen atoms in total. The van der Waals surface area contributed by atoms with Crippen molar-refractivity contribution in [3.8, 4) is 10.8 Å². The van der Waals surface area contributed by atoms with Gasteiger partial charge < -0.3 is 9.73 Å². The fourth-order valence-electron chi connectivity index (χ4n) is 2.42. The fraction of sp³-hybridized carbons (Fsp3) is 0.278. The lowest BCUT2D eigenvalue weighted by Crippen LogP contribution is -2.22. The normalized spacial score (nSPS) is 12.3. The zero-order chi connectivity index (χ0) is 17.8. The van der Waals surface area contributed by atoms with Crippen LogP contribution in [0.1, 0.15) is 34.8 Å². The van der Waals surface area contributed by atoms with E-state index in [1.807, 2.05) is 55.7 Å². The van der Waals surface area contributed by atoms with Crippen LogP contribution in [0.15, 0.2) is 46.2 Å². The maximum atomic E-state index is 11.6. The van der Waals surface area contributed by atoms with Crippen LogP contribution in [-0.4, -0.2) is 35.1 Å². The molecule has 0 aliphatic carbocycles. The molecule has 2 aromatic heterocycles. The van der Waals surface area contributed by atoms with Crippen molar-refractivity contribution in [1.29, 1.82) is 0 Å². The van der Waals surface area contributed by atoms with E-state index in [4.69, 9.17) is 4.42 Å². The lowest BCUT2D eigenvalue weighted by Gasteiger charge is -2.21. The molecule has 0 spiro atoms. The second-order valence-corrected chi connectivity index (χ2v) is 6.74. The largest absolute Gasteiger partial charge is 0.418 e. The van der Waals surface area contributed by atoms with Crippen molar-refractivity contribution in [2.75, 3.05) is 14.1 Å². The highest BCUT2D eigenvalue weighted by molar-refractivity contribution is 7.13. The Morgan fingerprint density at radius 3 is 2.68 bits per heavy atom. The van der Waals surface area contributed by atoms with Gasteiger partial charge in [-0.05, 0) is 43.1 Å². The topological polar surface area (TPSA) is 71.3 Å². The van der Waals surface area contributed by atoms with E-state index in [-0.39, 0.29) is 11.9 Å². The fourth-order valence-corrected chi connectivity index (χ4v) is 3.07. The molecule has 25 heavy (non-hydrogen) atoms. The van der Waals surface area contributed by atoms with E-state index in [1.165, 1.54) is 0 Å². The van der Waals surface area contributed by atoms with Crippen LogP contribution in [0.4, 0.5) is 0 Å². The van der Waals surface area contributed by atoms with E-state index in [9.17, 15) is 4.79 Å². The van der Waals surface area contributed by atoms with E-state index in [2.05, 4.69) is 20.4 Å². The molecule has 130 valence electrons. The van der Waals surface area contributed by atoms with Crippen LogP contribution in [0.3, 0.4) is 0 Å². The van der Waals surface area contributed by atoms with Gasteiger partial charge in [0.2, 0.25) is 5.89 Å². The van der Waals surface area contributed by atoms with Gasteiger partial charge in [0, 0.05) is 19.2 Å². The minimum atomic E-state index is -0.0831. The molecule has 1 atom stereocenters. The van der Waals surface area contributed by atoms with Gasteiger partial charge >= 0.3 is 0 Å². The molecule has 7 heteroatoms. The maximum Gasteiger partial charge on any atom is 0.257 e. The Morgan fingerprint density at radius 1 is 1.28 bits per heavy atom. The lowest BCUT2D eigenvalue weighted by molar-refractivity contribution is 0.0963. The predicted octanol–water partition coefficient (Wildman–Crippen LogP) is 3.35. The van der Waals surface area contributed by atoms with Crippen molar-refractivity contribution in [1.82, 2.24) is 20.4 Å². The quantitative estimate of drug-likeness (QED) is 0.733. The van der Waals surface area contributed by atoms with Crippen LogP contribution >= 0.6 is 11.3 Å². The summed E-state index contributed by atoms with van der Waals surface area (Å²) in [5.41, 5.74) is 1.76. The molecule has 0 saturated carbocycles.